The summed E-state index contributed by atoms with van der Waals surface area (Å²) in [5.41, 5.74) is 4.87. The van der Waals surface area contributed by atoms with Crippen molar-refractivity contribution in [2.24, 2.45) is 0 Å². The third-order valence-electron chi connectivity index (χ3n) is 8.76. The van der Waals surface area contributed by atoms with Gasteiger partial charge < -0.3 is 20.1 Å². The number of rotatable bonds is 7. The van der Waals surface area contributed by atoms with E-state index in [2.05, 4.69) is 119 Å². The number of halogens is 4. The molecule has 2 aromatic heterocycles. The molecule has 0 bridgehead atoms. The Morgan fingerprint density at radius 3 is 1.42 bits per heavy atom. The van der Waals surface area contributed by atoms with Crippen LogP contribution in [0.5, 0.6) is 0 Å². The molecule has 2 atom stereocenters. The number of aryl methyl sites for hydroxylation is 2. The van der Waals surface area contributed by atoms with Crippen LogP contribution < -0.4 is 10.6 Å². The monoisotopic (exact) mass is 964 g/mol. The van der Waals surface area contributed by atoms with Gasteiger partial charge in [-0.2, -0.15) is 27.0 Å². The topological polar surface area (TPSA) is 94.1 Å². The lowest BCUT2D eigenvalue weighted by molar-refractivity contribution is 0.00841. The Balaban J connectivity index is 0.000000251. The Morgan fingerprint density at radius 2 is 1.05 bits per heavy atom. The maximum atomic E-state index is 13.5. The number of nitrogens with zero attached hydrogens (tertiary/aromatic N) is 4. The van der Waals surface area contributed by atoms with Crippen molar-refractivity contribution in [3.63, 3.8) is 0 Å². The van der Waals surface area contributed by atoms with E-state index in [9.17, 15) is 8.78 Å². The highest BCUT2D eigenvalue weighted by Gasteiger charge is 2.21. The predicted molar refractivity (Wildman–Crippen MR) is 243 cm³/mol. The number of hydrogen-bond acceptors (Lipinski definition) is 8. The van der Waals surface area contributed by atoms with E-state index in [0.717, 1.165) is 62.8 Å². The second-order valence-corrected chi connectivity index (χ2v) is 15.6. The van der Waals surface area contributed by atoms with Gasteiger partial charge in [0.05, 0.1) is 41.4 Å². The summed E-state index contributed by atoms with van der Waals surface area (Å²) in [4.78, 5) is 17.6. The maximum Gasteiger partial charge on any atom is 0.138 e. The molecule has 2 saturated heterocycles. The van der Waals surface area contributed by atoms with Crippen molar-refractivity contribution in [1.29, 1.82) is 0 Å². The number of aromatic nitrogens is 4. The molecule has 14 heteroatoms. The van der Waals surface area contributed by atoms with E-state index < -0.39 is 0 Å². The molecule has 6 aromatic rings. The number of hydrogen-bond donors (Lipinski definition) is 2. The first kappa shape index (κ1) is 46.2. The van der Waals surface area contributed by atoms with Crippen LogP contribution >= 0.6 is 65.5 Å². The van der Waals surface area contributed by atoms with Crippen molar-refractivity contribution >= 4 is 99.0 Å². The number of benzene rings is 4. The van der Waals surface area contributed by atoms with Crippen LogP contribution in [0.3, 0.4) is 0 Å². The van der Waals surface area contributed by atoms with Crippen LogP contribution in [0.15, 0.2) is 89.4 Å². The van der Waals surface area contributed by atoms with Gasteiger partial charge in [-0.25, -0.2) is 28.7 Å². The minimum absolute atomic E-state index is 0. The van der Waals surface area contributed by atoms with E-state index >= 15 is 0 Å². The molecule has 8 nitrogen and oxygen atoms in total. The van der Waals surface area contributed by atoms with Gasteiger partial charge in [-0.15, -0.1) is 0 Å². The van der Waals surface area contributed by atoms with Gasteiger partial charge >= 0.3 is 0 Å². The molecule has 2 fully saturated rings. The molecule has 4 heterocycles. The van der Waals surface area contributed by atoms with Gasteiger partial charge in [-0.3, -0.25) is 0 Å². The second-order valence-electron chi connectivity index (χ2n) is 12.9. The third kappa shape index (κ3) is 12.4. The van der Waals surface area contributed by atoms with Crippen molar-refractivity contribution in [2.45, 2.75) is 57.0 Å². The SMILES string of the molecule is C.Cc1nc(N[C@@H](C)c2ccc(Br)cc2)c2ccc(F)cc2n1.Cc1nc(N[C@@H](C)c2ccc(C3COC3)cc2)c2ccc(F)cc2n1.IC1COC1.S.S. The van der Waals surface area contributed by atoms with Gasteiger partial charge in [-0.1, -0.05) is 82.3 Å². The Kier molecular flexibility index (Phi) is 18.0. The lowest BCUT2D eigenvalue weighted by Gasteiger charge is -2.26. The van der Waals surface area contributed by atoms with E-state index in [4.69, 9.17) is 9.47 Å². The minimum Gasteiger partial charge on any atom is -0.380 e. The van der Waals surface area contributed by atoms with Crippen LogP contribution in [0.25, 0.3) is 21.8 Å². The van der Waals surface area contributed by atoms with Gasteiger partial charge in [0.2, 0.25) is 0 Å². The highest BCUT2D eigenvalue weighted by molar-refractivity contribution is 14.1. The molecule has 8 rings (SSSR count). The van der Waals surface area contributed by atoms with Gasteiger partial charge in [0.15, 0.2) is 0 Å². The van der Waals surface area contributed by atoms with Crippen LogP contribution in [0.2, 0.25) is 0 Å². The van der Waals surface area contributed by atoms with E-state index in [1.165, 1.54) is 35.4 Å². The summed E-state index contributed by atoms with van der Waals surface area (Å²) in [6.07, 6.45) is 0. The number of alkyl halides is 1. The average molecular weight is 966 g/mol. The van der Waals surface area contributed by atoms with Crippen molar-refractivity contribution < 1.29 is 18.3 Å². The smallest absolute Gasteiger partial charge is 0.138 e. The molecule has 0 radical (unpaired) electrons. The van der Waals surface area contributed by atoms with Crippen LogP contribution in [-0.2, 0) is 9.47 Å². The molecule has 4 aromatic carbocycles. The van der Waals surface area contributed by atoms with E-state index in [1.807, 2.05) is 19.1 Å². The molecule has 2 aliphatic heterocycles. The Bertz CT molecular complexity index is 2140. The summed E-state index contributed by atoms with van der Waals surface area (Å²) in [7, 11) is 0. The highest BCUT2D eigenvalue weighted by atomic mass is 127. The predicted octanol–water partition coefficient (Wildman–Crippen LogP) is 11.1. The Hall–Kier alpha value is -3.15. The Labute approximate surface area is 358 Å². The fourth-order valence-electron chi connectivity index (χ4n) is 5.68. The molecular weight excluding hydrogens is 917 g/mol. The van der Waals surface area contributed by atoms with Crippen LogP contribution in [0.4, 0.5) is 20.4 Å². The largest absolute Gasteiger partial charge is 0.380 e. The van der Waals surface area contributed by atoms with Crippen molar-refractivity contribution in [3.05, 3.63) is 129 Å². The molecule has 0 aliphatic carbocycles. The fourth-order valence-corrected chi connectivity index (χ4v) is 6.45. The summed E-state index contributed by atoms with van der Waals surface area (Å²) in [6, 6.07) is 26.1. The van der Waals surface area contributed by atoms with Gasteiger partial charge in [0.25, 0.3) is 0 Å². The fraction of sp³-hybridized carbons (Fsp3) is 0.317. The zero-order valence-electron chi connectivity index (χ0n) is 30.3. The first-order chi connectivity index (χ1) is 25.0. The molecular formula is C41H48BrF2IN6O2S2. The second kappa shape index (κ2) is 21.4. The molecule has 294 valence electrons. The normalized spacial score (nSPS) is 14.5. The van der Waals surface area contributed by atoms with E-state index in [-0.39, 0.29) is 58.1 Å². The van der Waals surface area contributed by atoms with Gasteiger partial charge in [0.1, 0.15) is 34.9 Å². The molecule has 2 aliphatic rings. The number of nitrogens with one attached hydrogen (secondary N) is 2. The third-order valence-corrected chi connectivity index (χ3v) is 10.0. The summed E-state index contributed by atoms with van der Waals surface area (Å²) in [5.74, 6) is 2.62. The lowest BCUT2D eigenvalue weighted by Crippen LogP contribution is -2.26. The minimum atomic E-state index is -0.294. The van der Waals surface area contributed by atoms with Gasteiger partial charge in [0, 0.05) is 45.4 Å². The summed E-state index contributed by atoms with van der Waals surface area (Å²) >= 11 is 5.80. The van der Waals surface area contributed by atoms with E-state index in [1.54, 1.807) is 19.1 Å². The maximum absolute atomic E-state index is 13.5. The van der Waals surface area contributed by atoms with Crippen molar-refractivity contribution in [3.8, 4) is 0 Å². The van der Waals surface area contributed by atoms with Crippen LogP contribution in [0.1, 0.15) is 67.6 Å². The quantitative estimate of drug-likeness (QED) is 0.121. The van der Waals surface area contributed by atoms with E-state index in [0.29, 0.717) is 28.6 Å². The standard InChI is InChI=1S/C20H20FN3O.C17H15BrFN3.C3H5IO.CH4.2H2S/c1-12(14-3-5-15(6-4-14)16-10-25-11-16)22-20-18-8-7-17(21)9-19(18)23-13(2)24-20;1-10(12-3-5-13(18)6-4-12)20-17-15-8-7-14(19)9-16(15)21-11(2)22-17;4-3-1-5-2-3;;;/h3-9,12,16H,10-11H2,1-2H3,(H,22,23,24);3-10H,1-2H3,(H,20,21,22);3H,1-2H2;1H4;2*1H2/t12-;10-;;;;/m00..../s1. The highest BCUT2D eigenvalue weighted by Crippen LogP contribution is 2.29. The number of fused-ring (bicyclic) bond motifs is 2. The molecule has 0 unspecified atom stereocenters. The zero-order chi connectivity index (χ0) is 36.8. The molecule has 55 heavy (non-hydrogen) atoms. The first-order valence-corrected chi connectivity index (χ1v) is 19.1. The molecule has 0 spiro atoms. The zero-order valence-corrected chi connectivity index (χ0v) is 36.1. The summed E-state index contributed by atoms with van der Waals surface area (Å²) < 4.78 is 38.8. The first-order valence-electron chi connectivity index (χ1n) is 17.1. The van der Waals surface area contributed by atoms with Crippen molar-refractivity contribution in [1.82, 2.24) is 19.9 Å². The van der Waals surface area contributed by atoms with Crippen LogP contribution in [-0.4, -0.2) is 50.3 Å². The molecule has 0 amide bonds. The number of anilines is 2. The summed E-state index contributed by atoms with van der Waals surface area (Å²) in [6.45, 7) is 11.4. The van der Waals surface area contributed by atoms with Gasteiger partial charge in [-0.05, 0) is 80.8 Å². The Morgan fingerprint density at radius 1 is 0.655 bits per heavy atom. The lowest BCUT2D eigenvalue weighted by atomic mass is 9.95. The molecule has 0 saturated carbocycles. The molecule has 2 N–H and O–H groups in total. The van der Waals surface area contributed by atoms with Crippen molar-refractivity contribution in [2.75, 3.05) is 37.1 Å². The summed E-state index contributed by atoms with van der Waals surface area (Å²) in [5, 5.41) is 8.47. The average Bonchev–Trinajstić information content (AvgIpc) is 3.07. The number of ether oxygens (including phenoxy) is 2. The van der Waals surface area contributed by atoms with Crippen LogP contribution in [0, 0.1) is 25.5 Å².